The molecular weight excluding hydrogens is 654 g/mol. The maximum absolute atomic E-state index is 9.21. The second kappa shape index (κ2) is 18.6. The molecule has 17 heteroatoms. The highest BCUT2D eigenvalue weighted by Crippen LogP contribution is 2.39. The van der Waals surface area contributed by atoms with Crippen molar-refractivity contribution >= 4 is 29.4 Å². The average molecular weight is 702 g/mol. The van der Waals surface area contributed by atoms with Gasteiger partial charge in [-0.3, -0.25) is 4.99 Å². The average Bonchev–Trinajstić information content (AvgIpc) is 3.65. The minimum absolute atomic E-state index is 0.0707. The molecule has 17 nitrogen and oxygen atoms in total. The maximum atomic E-state index is 9.21. The third kappa shape index (κ3) is 10.4. The fraction of sp³-hybridized carbons (Fsp3) is 0.353. The van der Waals surface area contributed by atoms with Gasteiger partial charge in [0.25, 0.3) is 0 Å². The smallest absolute Gasteiger partial charge is 0.222 e. The summed E-state index contributed by atoms with van der Waals surface area (Å²) in [5, 5.41) is 12.5. The van der Waals surface area contributed by atoms with E-state index in [2.05, 4.69) is 50.2 Å². The van der Waals surface area contributed by atoms with E-state index in [1.54, 1.807) is 19.2 Å². The molecule has 0 aliphatic carbocycles. The van der Waals surface area contributed by atoms with Crippen molar-refractivity contribution in [3.63, 3.8) is 0 Å². The molecular formula is C34H47N13O4. The third-order valence-electron chi connectivity index (χ3n) is 7.17. The monoisotopic (exact) mass is 701 g/mol. The number of nitriles is 1. The quantitative estimate of drug-likeness (QED) is 0.125. The lowest BCUT2D eigenvalue weighted by Crippen LogP contribution is -2.20. The highest BCUT2D eigenvalue weighted by molar-refractivity contribution is 6.02. The zero-order valence-electron chi connectivity index (χ0n) is 29.7. The van der Waals surface area contributed by atoms with Crippen LogP contribution in [0.3, 0.4) is 0 Å². The molecule has 4 aromatic rings. The fourth-order valence-corrected chi connectivity index (χ4v) is 4.61. The Morgan fingerprint density at radius 3 is 1.61 bits per heavy atom. The summed E-state index contributed by atoms with van der Waals surface area (Å²) in [4.78, 5) is 20.1. The summed E-state index contributed by atoms with van der Waals surface area (Å²) in [6.45, 7) is 10.9. The van der Waals surface area contributed by atoms with Crippen LogP contribution in [0.15, 0.2) is 41.7 Å². The lowest BCUT2D eigenvalue weighted by Gasteiger charge is -2.18. The van der Waals surface area contributed by atoms with Crippen molar-refractivity contribution in [2.24, 2.45) is 16.5 Å². The summed E-state index contributed by atoms with van der Waals surface area (Å²) in [6.07, 6.45) is 2.87. The summed E-state index contributed by atoms with van der Waals surface area (Å²) < 4.78 is 22.6. The number of aromatic nitrogens is 4. The van der Waals surface area contributed by atoms with Gasteiger partial charge in [0.05, 0.1) is 44.3 Å². The number of ether oxygens (including phenoxy) is 4. The molecule has 0 atom stereocenters. The van der Waals surface area contributed by atoms with E-state index >= 15 is 0 Å². The Balaban J connectivity index is 0.000000251. The zero-order valence-corrected chi connectivity index (χ0v) is 29.7. The normalized spacial score (nSPS) is 11.7. The molecule has 51 heavy (non-hydrogen) atoms. The predicted octanol–water partition coefficient (Wildman–Crippen LogP) is 3.26. The van der Waals surface area contributed by atoms with Crippen LogP contribution in [-0.4, -0.2) is 66.2 Å². The van der Waals surface area contributed by atoms with Gasteiger partial charge in [0.1, 0.15) is 34.9 Å². The second-order valence-corrected chi connectivity index (χ2v) is 11.5. The molecule has 1 aliphatic rings. The van der Waals surface area contributed by atoms with E-state index in [1.165, 1.54) is 19.5 Å². The van der Waals surface area contributed by atoms with Gasteiger partial charge >= 0.3 is 0 Å². The van der Waals surface area contributed by atoms with E-state index in [-0.39, 0.29) is 41.1 Å². The number of amidine groups is 1. The topological polar surface area (TPSA) is 293 Å². The summed E-state index contributed by atoms with van der Waals surface area (Å²) in [6, 6.07) is 9.34. The minimum Gasteiger partial charge on any atom is -0.496 e. The van der Waals surface area contributed by atoms with Gasteiger partial charge in [-0.15, -0.1) is 0 Å². The van der Waals surface area contributed by atoms with Crippen LogP contribution in [0.1, 0.15) is 61.8 Å². The summed E-state index contributed by atoms with van der Waals surface area (Å²) in [5.41, 5.74) is 35.6. The Labute approximate surface area is 297 Å². The van der Waals surface area contributed by atoms with Crippen LogP contribution in [-0.2, 0) is 0 Å². The molecule has 0 unspecified atom stereocenters. The molecule has 0 amide bonds. The van der Waals surface area contributed by atoms with Crippen molar-refractivity contribution in [2.45, 2.75) is 39.5 Å². The van der Waals surface area contributed by atoms with E-state index in [1.807, 2.05) is 26.0 Å². The highest BCUT2D eigenvalue weighted by Gasteiger charge is 2.21. The first-order valence-corrected chi connectivity index (χ1v) is 16.0. The molecule has 0 bridgehead atoms. The van der Waals surface area contributed by atoms with Gasteiger partial charge in [-0.2, -0.15) is 15.2 Å². The summed E-state index contributed by atoms with van der Waals surface area (Å²) in [7, 11) is 3.16. The van der Waals surface area contributed by atoms with Crippen LogP contribution in [0, 0.1) is 11.3 Å². The Morgan fingerprint density at radius 1 is 0.725 bits per heavy atom. The molecule has 2 aromatic heterocycles. The summed E-state index contributed by atoms with van der Waals surface area (Å²) in [5.74, 6) is 4.71. The Kier molecular flexibility index (Phi) is 14.3. The standard InChI is InChI=1S/C17H22N6O2.C15H17N5O2.C2H8N2/c1-9(2)10-6-12(24-3)11(16-20-4-5-21-16)7-13(10)25-14-8-22-17(19)23-15(14)18;1-8(2)10-5-11(21-3)9(6-16)4-12(10)22-13-7-19-15(18)20-14(13)17;3-1-2-4/h6-9H,4-5H2,1-3H3,(H,20,21)(H4,18,19,22,23);4-5,7-8H,1-3H3,(H4,17,18,19,20);1-4H2. The number of methoxy groups -OCH3 is 2. The number of nitrogens with two attached hydrogens (primary N) is 6. The highest BCUT2D eigenvalue weighted by atomic mass is 16.5. The van der Waals surface area contributed by atoms with Crippen molar-refractivity contribution in [3.05, 3.63) is 58.9 Å². The second-order valence-electron chi connectivity index (χ2n) is 11.5. The number of nitrogens with one attached hydrogen (secondary N) is 1. The largest absolute Gasteiger partial charge is 0.496 e. The van der Waals surface area contributed by atoms with Gasteiger partial charge in [-0.05, 0) is 30.0 Å². The Bertz CT molecular complexity index is 1860. The molecule has 1 aliphatic heterocycles. The Hall–Kier alpha value is -6.12. The first-order chi connectivity index (χ1) is 24.4. The molecule has 5 rings (SSSR count). The zero-order chi connectivity index (χ0) is 37.7. The molecule has 13 N–H and O–H groups in total. The number of aliphatic imine (C=N–C) groups is 1. The number of hydrogen-bond acceptors (Lipinski definition) is 17. The van der Waals surface area contributed by atoms with Crippen LogP contribution in [0.2, 0.25) is 0 Å². The van der Waals surface area contributed by atoms with Crippen LogP contribution in [0.4, 0.5) is 23.5 Å². The molecule has 272 valence electrons. The van der Waals surface area contributed by atoms with Crippen LogP contribution in [0.25, 0.3) is 0 Å². The van der Waals surface area contributed by atoms with E-state index in [4.69, 9.17) is 53.3 Å². The first kappa shape index (κ1) is 39.3. The third-order valence-corrected chi connectivity index (χ3v) is 7.17. The SMILES string of the molecule is COc1cc(C(C)C)c(Oc2cnc(N)nc2N)cc1C#N.COc1cc(C(C)C)c(Oc2cnc(N)nc2N)cc1C1=NCCN1.NCCN. The van der Waals surface area contributed by atoms with Crippen molar-refractivity contribution in [1.29, 1.82) is 5.26 Å². The number of anilines is 4. The van der Waals surface area contributed by atoms with E-state index in [0.717, 1.165) is 41.4 Å². The van der Waals surface area contributed by atoms with Gasteiger partial charge in [-0.1, -0.05) is 27.7 Å². The predicted molar refractivity (Wildman–Crippen MR) is 198 cm³/mol. The number of benzene rings is 2. The molecule has 0 spiro atoms. The van der Waals surface area contributed by atoms with Crippen molar-refractivity contribution < 1.29 is 18.9 Å². The number of nitrogens with zero attached hydrogens (tertiary/aromatic N) is 6. The fourth-order valence-electron chi connectivity index (χ4n) is 4.61. The maximum Gasteiger partial charge on any atom is 0.222 e. The number of hydrogen-bond donors (Lipinski definition) is 7. The lowest BCUT2D eigenvalue weighted by molar-refractivity contribution is 0.409. The van der Waals surface area contributed by atoms with E-state index in [9.17, 15) is 5.26 Å². The van der Waals surface area contributed by atoms with Gasteiger partial charge in [0.2, 0.25) is 11.9 Å². The number of nitrogen functional groups attached to an aromatic ring is 4. The first-order valence-electron chi connectivity index (χ1n) is 16.0. The lowest BCUT2D eigenvalue weighted by atomic mass is 9.99. The number of rotatable bonds is 10. The molecule has 3 heterocycles. The molecule has 0 saturated heterocycles. The van der Waals surface area contributed by atoms with E-state index in [0.29, 0.717) is 41.7 Å². The van der Waals surface area contributed by atoms with Crippen LogP contribution in [0.5, 0.6) is 34.5 Å². The minimum atomic E-state index is 0.0707. The van der Waals surface area contributed by atoms with Crippen LogP contribution >= 0.6 is 0 Å². The van der Waals surface area contributed by atoms with Gasteiger partial charge in [0, 0.05) is 36.8 Å². The summed E-state index contributed by atoms with van der Waals surface area (Å²) >= 11 is 0. The molecule has 0 saturated carbocycles. The van der Waals surface area contributed by atoms with Crippen molar-refractivity contribution in [2.75, 3.05) is 63.3 Å². The van der Waals surface area contributed by atoms with Crippen molar-refractivity contribution in [1.82, 2.24) is 25.3 Å². The Morgan fingerprint density at radius 2 is 1.22 bits per heavy atom. The molecule has 0 radical (unpaired) electrons. The van der Waals surface area contributed by atoms with Gasteiger partial charge < -0.3 is 58.7 Å². The van der Waals surface area contributed by atoms with Crippen LogP contribution < -0.4 is 58.7 Å². The molecule has 2 aromatic carbocycles. The van der Waals surface area contributed by atoms with Gasteiger partial charge in [-0.25, -0.2) is 9.97 Å². The van der Waals surface area contributed by atoms with E-state index < -0.39 is 0 Å². The molecule has 0 fully saturated rings. The van der Waals surface area contributed by atoms with Crippen molar-refractivity contribution in [3.8, 4) is 40.6 Å². The van der Waals surface area contributed by atoms with Gasteiger partial charge in [0.15, 0.2) is 23.1 Å².